The van der Waals surface area contributed by atoms with Crippen LogP contribution in [0.3, 0.4) is 0 Å². The molecule has 0 saturated carbocycles. The number of nitrogens with one attached hydrogen (secondary N) is 1. The number of cyclic esters (lactones) is 1. The Kier molecular flexibility index (Phi) is 11.0. The van der Waals surface area contributed by atoms with Crippen molar-refractivity contribution in [3.05, 3.63) is 0 Å². The lowest BCUT2D eigenvalue weighted by Crippen LogP contribution is -2.58. The van der Waals surface area contributed by atoms with Gasteiger partial charge in [0.1, 0.15) is 18.0 Å². The molecule has 0 aromatic heterocycles. The third-order valence-electron chi connectivity index (χ3n) is 11.0. The molecule has 3 saturated heterocycles. The standard InChI is InChI=1S/C32H55NO10/c1-13-22-32(10)26(33-29(37)43-32)18(4)24(34)16(2)14-30(8,38-11)20(6)17(3)25(19(5)28(36)41-22)42-23-15-31(9,39-12)27(35)21(7)40-23/h16-23,25-27,35H,13-15H2,1-12H3,(H,33,37)/t16-,17-,18+,19-,20-,21+,22-,23+,25+,26-,27+,30-,31-,32-/m1/s1. The smallest absolute Gasteiger partial charge is 0.408 e. The Hall–Kier alpha value is -1.79. The van der Waals surface area contributed by atoms with E-state index in [1.54, 1.807) is 41.9 Å². The van der Waals surface area contributed by atoms with Gasteiger partial charge in [0.15, 0.2) is 11.9 Å². The number of esters is 1. The number of ketones is 1. The summed E-state index contributed by atoms with van der Waals surface area (Å²) in [5.74, 6) is -2.73. The third kappa shape index (κ3) is 6.76. The first kappa shape index (κ1) is 35.7. The molecule has 0 spiro atoms. The van der Waals surface area contributed by atoms with Gasteiger partial charge in [0.05, 0.1) is 35.4 Å². The van der Waals surface area contributed by atoms with E-state index in [1.807, 2.05) is 41.5 Å². The largest absolute Gasteiger partial charge is 0.458 e. The summed E-state index contributed by atoms with van der Waals surface area (Å²) < 4.78 is 36.4. The van der Waals surface area contributed by atoms with Crippen LogP contribution in [0.5, 0.6) is 0 Å². The molecule has 0 unspecified atom stereocenters. The second-order valence-electron chi connectivity index (χ2n) is 13.8. The number of hydrogen-bond donors (Lipinski definition) is 2. The third-order valence-corrected chi connectivity index (χ3v) is 11.0. The molecule has 0 radical (unpaired) electrons. The normalized spacial score (nSPS) is 48.5. The van der Waals surface area contributed by atoms with E-state index in [0.717, 1.165) is 0 Å². The first-order valence-corrected chi connectivity index (χ1v) is 15.7. The van der Waals surface area contributed by atoms with Crippen LogP contribution in [0.1, 0.15) is 88.5 Å². The molecule has 3 heterocycles. The van der Waals surface area contributed by atoms with Crippen molar-refractivity contribution in [3.63, 3.8) is 0 Å². The maximum atomic E-state index is 13.9. The van der Waals surface area contributed by atoms with E-state index < -0.39 is 83.4 Å². The molecule has 3 aliphatic heterocycles. The minimum absolute atomic E-state index is 0.0356. The van der Waals surface area contributed by atoms with E-state index in [-0.39, 0.29) is 24.0 Å². The number of fused-ring (bicyclic) bond motifs is 1. The summed E-state index contributed by atoms with van der Waals surface area (Å²) in [4.78, 5) is 40.3. The van der Waals surface area contributed by atoms with Crippen LogP contribution in [0.15, 0.2) is 0 Å². The van der Waals surface area contributed by atoms with Crippen LogP contribution >= 0.6 is 0 Å². The van der Waals surface area contributed by atoms with Gasteiger partial charge in [-0.2, -0.15) is 0 Å². The second kappa shape index (κ2) is 13.3. The summed E-state index contributed by atoms with van der Waals surface area (Å²) in [7, 11) is 3.17. The van der Waals surface area contributed by atoms with Crippen molar-refractivity contribution in [1.29, 1.82) is 0 Å². The minimum atomic E-state index is -1.27. The Balaban J connectivity index is 2.08. The van der Waals surface area contributed by atoms with Crippen molar-refractivity contribution in [2.45, 2.75) is 142 Å². The maximum Gasteiger partial charge on any atom is 0.408 e. The Bertz CT molecular complexity index is 1020. The van der Waals surface area contributed by atoms with Gasteiger partial charge in [-0.1, -0.05) is 34.6 Å². The molecule has 248 valence electrons. The average Bonchev–Trinajstić information content (AvgIpc) is 3.28. The summed E-state index contributed by atoms with van der Waals surface area (Å²) in [6.45, 7) is 18.6. The lowest BCUT2D eigenvalue weighted by atomic mass is 9.70. The predicted octanol–water partition coefficient (Wildman–Crippen LogP) is 4.02. The van der Waals surface area contributed by atoms with Crippen LogP contribution in [0.2, 0.25) is 0 Å². The van der Waals surface area contributed by atoms with Crippen LogP contribution in [-0.2, 0) is 38.0 Å². The Labute approximate surface area is 257 Å². The van der Waals surface area contributed by atoms with E-state index in [1.165, 1.54) is 0 Å². The predicted molar refractivity (Wildman–Crippen MR) is 158 cm³/mol. The number of aliphatic hydroxyl groups excluding tert-OH is 1. The van der Waals surface area contributed by atoms with Gasteiger partial charge >= 0.3 is 12.1 Å². The number of hydrogen-bond acceptors (Lipinski definition) is 10. The van der Waals surface area contributed by atoms with Crippen LogP contribution in [-0.4, -0.2) is 90.7 Å². The Morgan fingerprint density at radius 1 is 0.930 bits per heavy atom. The molecule has 0 aliphatic carbocycles. The number of rotatable bonds is 5. The summed E-state index contributed by atoms with van der Waals surface area (Å²) in [6.07, 6.45) is -3.31. The van der Waals surface area contributed by atoms with Crippen LogP contribution < -0.4 is 5.32 Å². The molecule has 0 aromatic rings. The Morgan fingerprint density at radius 2 is 1.53 bits per heavy atom. The molecule has 14 atom stereocenters. The lowest BCUT2D eigenvalue weighted by molar-refractivity contribution is -0.298. The van der Waals surface area contributed by atoms with Crippen molar-refractivity contribution < 1.29 is 47.9 Å². The number of amides is 1. The summed E-state index contributed by atoms with van der Waals surface area (Å²) in [5.41, 5.74) is -2.93. The van der Waals surface area contributed by atoms with Gasteiger partial charge in [0.2, 0.25) is 0 Å². The number of ether oxygens (including phenoxy) is 6. The van der Waals surface area contributed by atoms with Crippen molar-refractivity contribution in [3.8, 4) is 0 Å². The molecule has 0 aromatic carbocycles. The van der Waals surface area contributed by atoms with Crippen LogP contribution in [0.25, 0.3) is 0 Å². The van der Waals surface area contributed by atoms with E-state index in [9.17, 15) is 19.5 Å². The molecule has 3 aliphatic rings. The lowest BCUT2D eigenvalue weighted by Gasteiger charge is -2.47. The molecule has 11 nitrogen and oxygen atoms in total. The topological polar surface area (TPSA) is 139 Å². The summed E-state index contributed by atoms with van der Waals surface area (Å²) >= 11 is 0. The van der Waals surface area contributed by atoms with Crippen molar-refractivity contribution in [1.82, 2.24) is 5.32 Å². The minimum Gasteiger partial charge on any atom is -0.458 e. The average molecular weight is 614 g/mol. The van der Waals surface area contributed by atoms with Crippen LogP contribution in [0, 0.1) is 29.6 Å². The first-order chi connectivity index (χ1) is 19.9. The van der Waals surface area contributed by atoms with Crippen molar-refractivity contribution in [2.24, 2.45) is 29.6 Å². The molecule has 3 fully saturated rings. The van der Waals surface area contributed by atoms with Gasteiger partial charge in [-0.15, -0.1) is 0 Å². The van der Waals surface area contributed by atoms with Crippen molar-refractivity contribution in [2.75, 3.05) is 14.2 Å². The summed E-state index contributed by atoms with van der Waals surface area (Å²) in [6, 6.07) is -0.696. The van der Waals surface area contributed by atoms with Gasteiger partial charge in [-0.25, -0.2) is 4.79 Å². The van der Waals surface area contributed by atoms with Gasteiger partial charge in [-0.3, -0.25) is 9.59 Å². The molecular weight excluding hydrogens is 558 g/mol. The zero-order chi connectivity index (χ0) is 32.7. The number of carbonyl (C=O) groups excluding carboxylic acids is 3. The highest BCUT2D eigenvalue weighted by Gasteiger charge is 2.57. The zero-order valence-corrected chi connectivity index (χ0v) is 28.1. The number of alkyl carbamates (subject to hydrolysis) is 1. The second-order valence-corrected chi connectivity index (χ2v) is 13.8. The molecule has 0 bridgehead atoms. The fourth-order valence-corrected chi connectivity index (χ4v) is 7.52. The van der Waals surface area contributed by atoms with E-state index in [4.69, 9.17) is 28.4 Å². The van der Waals surface area contributed by atoms with Crippen LogP contribution in [0.4, 0.5) is 4.79 Å². The molecule has 11 heteroatoms. The van der Waals surface area contributed by atoms with E-state index in [2.05, 4.69) is 5.32 Å². The van der Waals surface area contributed by atoms with Gasteiger partial charge in [-0.05, 0) is 59.3 Å². The highest BCUT2D eigenvalue weighted by molar-refractivity contribution is 5.85. The molecule has 1 amide bonds. The van der Waals surface area contributed by atoms with Gasteiger partial charge < -0.3 is 38.8 Å². The molecular formula is C32H55NO10. The quantitative estimate of drug-likeness (QED) is 0.437. The number of aliphatic hydroxyl groups is 1. The Morgan fingerprint density at radius 3 is 2.09 bits per heavy atom. The fraction of sp³-hybridized carbons (Fsp3) is 0.906. The SMILES string of the molecule is CC[C@H]1OC(=O)[C@H](C)[C@@H](O[C@H]2C[C@@](C)(OC)[C@@H](O)[C@H](C)O2)[C@H](C)[C@@H](C)[C@](C)(OC)C[C@@H](C)C(=O)[C@H](C)[C@H]2NC(=O)O[C@@]21C. The number of Topliss-reactive ketones (excluding diaryl/α,β-unsaturated/α-hetero) is 1. The molecule has 2 N–H and O–H groups in total. The van der Waals surface area contributed by atoms with Gasteiger partial charge in [0.25, 0.3) is 0 Å². The zero-order valence-electron chi connectivity index (χ0n) is 28.1. The molecule has 3 rings (SSSR count). The number of methoxy groups -OCH3 is 2. The van der Waals surface area contributed by atoms with Gasteiger partial charge in [0, 0.05) is 32.5 Å². The first-order valence-electron chi connectivity index (χ1n) is 15.7. The number of carbonyl (C=O) groups is 3. The van der Waals surface area contributed by atoms with E-state index in [0.29, 0.717) is 12.8 Å². The van der Waals surface area contributed by atoms with Crippen molar-refractivity contribution >= 4 is 17.8 Å². The monoisotopic (exact) mass is 613 g/mol. The van der Waals surface area contributed by atoms with E-state index >= 15 is 0 Å². The highest BCUT2D eigenvalue weighted by atomic mass is 16.7. The molecule has 43 heavy (non-hydrogen) atoms. The summed E-state index contributed by atoms with van der Waals surface area (Å²) in [5, 5.41) is 13.6. The highest BCUT2D eigenvalue weighted by Crippen LogP contribution is 2.42. The maximum absolute atomic E-state index is 13.9. The fourth-order valence-electron chi connectivity index (χ4n) is 7.52.